The molecule has 7 heteroatoms. The maximum atomic E-state index is 12.0. The van der Waals surface area contributed by atoms with Crippen LogP contribution in [0.1, 0.15) is 16.0 Å². The molecule has 1 aromatic heterocycles. The molecule has 5 nitrogen and oxygen atoms in total. The molecule has 2 rings (SSSR count). The molecule has 2 N–H and O–H groups in total. The van der Waals surface area contributed by atoms with Gasteiger partial charge in [0.2, 0.25) is 5.91 Å². The molecule has 0 aliphatic carbocycles. The van der Waals surface area contributed by atoms with Crippen molar-refractivity contribution in [2.45, 2.75) is 25.0 Å². The monoisotopic (exact) mass is 338 g/mol. The van der Waals surface area contributed by atoms with Gasteiger partial charge < -0.3 is 5.32 Å². The Labute approximate surface area is 134 Å². The molecule has 0 saturated heterocycles. The summed E-state index contributed by atoms with van der Waals surface area (Å²) < 4.78 is 26.6. The number of hydrogen-bond donors (Lipinski definition) is 2. The average molecular weight is 338 g/mol. The number of anilines is 1. The van der Waals surface area contributed by atoms with Crippen LogP contribution < -0.4 is 10.0 Å². The van der Waals surface area contributed by atoms with Crippen molar-refractivity contribution in [2.24, 2.45) is 0 Å². The number of nitrogens with one attached hydrogen (secondary N) is 2. The molecule has 0 spiro atoms. The first-order valence-electron chi connectivity index (χ1n) is 6.71. The van der Waals surface area contributed by atoms with E-state index in [1.54, 1.807) is 6.07 Å². The van der Waals surface area contributed by atoms with Gasteiger partial charge in [0.1, 0.15) is 4.21 Å². The van der Waals surface area contributed by atoms with Crippen LogP contribution >= 0.6 is 11.3 Å². The van der Waals surface area contributed by atoms with Crippen molar-refractivity contribution >= 4 is 33.0 Å². The number of thiophene rings is 1. The number of amides is 1. The maximum Gasteiger partial charge on any atom is 0.250 e. The second-order valence-electron chi connectivity index (χ2n) is 5.06. The van der Waals surface area contributed by atoms with Gasteiger partial charge in [-0.2, -0.15) is 0 Å². The van der Waals surface area contributed by atoms with Gasteiger partial charge in [-0.1, -0.05) is 12.1 Å². The second kappa shape index (κ2) is 6.60. The normalized spacial score (nSPS) is 11.4. The SMILES string of the molecule is Cc1ccc(C)c(NC(=O)CNS(=O)(=O)c2ccc(C)s2)c1. The highest BCUT2D eigenvalue weighted by Crippen LogP contribution is 2.20. The zero-order chi connectivity index (χ0) is 16.3. The van der Waals surface area contributed by atoms with Gasteiger partial charge in [0, 0.05) is 10.6 Å². The Morgan fingerprint density at radius 2 is 1.86 bits per heavy atom. The van der Waals surface area contributed by atoms with Crippen molar-refractivity contribution in [1.82, 2.24) is 4.72 Å². The number of sulfonamides is 1. The molecule has 1 heterocycles. The fourth-order valence-corrected chi connectivity index (χ4v) is 4.16. The molecule has 118 valence electrons. The van der Waals surface area contributed by atoms with Crippen LogP contribution in [0.5, 0.6) is 0 Å². The Bertz CT molecular complexity index is 795. The van der Waals surface area contributed by atoms with Crippen LogP contribution in [-0.2, 0) is 14.8 Å². The molecule has 0 aliphatic rings. The molecule has 0 saturated carbocycles. The topological polar surface area (TPSA) is 75.3 Å². The zero-order valence-corrected chi connectivity index (χ0v) is 14.3. The highest BCUT2D eigenvalue weighted by Gasteiger charge is 2.17. The van der Waals surface area contributed by atoms with Gasteiger partial charge in [-0.25, -0.2) is 13.1 Å². The van der Waals surface area contributed by atoms with Crippen molar-refractivity contribution < 1.29 is 13.2 Å². The first kappa shape index (κ1) is 16.7. The number of carbonyl (C=O) groups excluding carboxylic acids is 1. The second-order valence-corrected chi connectivity index (χ2v) is 8.34. The minimum absolute atomic E-state index is 0.213. The zero-order valence-electron chi connectivity index (χ0n) is 12.6. The first-order valence-corrected chi connectivity index (χ1v) is 9.01. The summed E-state index contributed by atoms with van der Waals surface area (Å²) in [6, 6.07) is 8.97. The molecule has 0 atom stereocenters. The van der Waals surface area contributed by atoms with Crippen LogP contribution in [0.3, 0.4) is 0 Å². The van der Waals surface area contributed by atoms with E-state index in [-0.39, 0.29) is 10.8 Å². The summed E-state index contributed by atoms with van der Waals surface area (Å²) in [6.45, 7) is 5.34. The van der Waals surface area contributed by atoms with Crippen LogP contribution in [0.25, 0.3) is 0 Å². The van der Waals surface area contributed by atoms with E-state index in [0.717, 1.165) is 16.0 Å². The molecule has 0 radical (unpaired) electrons. The fourth-order valence-electron chi connectivity index (χ4n) is 1.85. The molecule has 0 aliphatic heterocycles. The van der Waals surface area contributed by atoms with Gasteiger partial charge in [0.15, 0.2) is 0 Å². The Morgan fingerprint density at radius 3 is 2.50 bits per heavy atom. The van der Waals surface area contributed by atoms with Crippen LogP contribution in [0.4, 0.5) is 5.69 Å². The number of carbonyl (C=O) groups is 1. The predicted molar refractivity (Wildman–Crippen MR) is 88.8 cm³/mol. The molecule has 2 aromatic rings. The smallest absolute Gasteiger partial charge is 0.250 e. The van der Waals surface area contributed by atoms with Gasteiger partial charge in [0.25, 0.3) is 10.0 Å². The summed E-state index contributed by atoms with van der Waals surface area (Å²) in [7, 11) is -3.64. The number of hydrogen-bond acceptors (Lipinski definition) is 4. The van der Waals surface area contributed by atoms with Crippen molar-refractivity contribution in [3.8, 4) is 0 Å². The lowest BCUT2D eigenvalue weighted by atomic mass is 10.1. The minimum Gasteiger partial charge on any atom is -0.325 e. The van der Waals surface area contributed by atoms with E-state index in [1.807, 2.05) is 39.0 Å². The quantitative estimate of drug-likeness (QED) is 0.880. The lowest BCUT2D eigenvalue weighted by Crippen LogP contribution is -2.32. The summed E-state index contributed by atoms with van der Waals surface area (Å²) >= 11 is 1.17. The van der Waals surface area contributed by atoms with Crippen LogP contribution in [-0.4, -0.2) is 20.9 Å². The average Bonchev–Trinajstić information content (AvgIpc) is 2.88. The van der Waals surface area contributed by atoms with Gasteiger partial charge in [-0.3, -0.25) is 4.79 Å². The van der Waals surface area contributed by atoms with E-state index in [0.29, 0.717) is 5.69 Å². The van der Waals surface area contributed by atoms with E-state index in [1.165, 1.54) is 17.4 Å². The van der Waals surface area contributed by atoms with E-state index >= 15 is 0 Å². The molecule has 22 heavy (non-hydrogen) atoms. The third-order valence-corrected chi connectivity index (χ3v) is 5.96. The summed E-state index contributed by atoms with van der Waals surface area (Å²) in [4.78, 5) is 12.8. The van der Waals surface area contributed by atoms with Crippen molar-refractivity contribution in [3.05, 3.63) is 46.3 Å². The Balaban J connectivity index is 1.99. The molecule has 0 fully saturated rings. The molecular weight excluding hydrogens is 320 g/mol. The Morgan fingerprint density at radius 1 is 1.14 bits per heavy atom. The van der Waals surface area contributed by atoms with E-state index < -0.39 is 15.9 Å². The highest BCUT2D eigenvalue weighted by molar-refractivity contribution is 7.91. The van der Waals surface area contributed by atoms with Gasteiger partial charge in [-0.05, 0) is 50.1 Å². The first-order chi connectivity index (χ1) is 10.3. The summed E-state index contributed by atoms with van der Waals surface area (Å²) in [5.41, 5.74) is 2.64. The summed E-state index contributed by atoms with van der Waals surface area (Å²) in [5, 5.41) is 2.72. The molecule has 1 aromatic carbocycles. The largest absolute Gasteiger partial charge is 0.325 e. The Hall–Kier alpha value is -1.70. The van der Waals surface area contributed by atoms with E-state index in [9.17, 15) is 13.2 Å². The predicted octanol–water partition coefficient (Wildman–Crippen LogP) is 2.59. The van der Waals surface area contributed by atoms with Crippen molar-refractivity contribution in [1.29, 1.82) is 0 Å². The molecular formula is C15H18N2O3S2. The minimum atomic E-state index is -3.64. The Kier molecular flexibility index (Phi) is 5.00. The van der Waals surface area contributed by atoms with Gasteiger partial charge in [0.05, 0.1) is 6.54 Å². The van der Waals surface area contributed by atoms with Gasteiger partial charge >= 0.3 is 0 Å². The highest BCUT2D eigenvalue weighted by atomic mass is 32.2. The molecule has 1 amide bonds. The number of benzene rings is 1. The van der Waals surface area contributed by atoms with Crippen LogP contribution in [0, 0.1) is 20.8 Å². The van der Waals surface area contributed by atoms with Crippen molar-refractivity contribution in [2.75, 3.05) is 11.9 Å². The maximum absolute atomic E-state index is 12.0. The molecule has 0 bridgehead atoms. The van der Waals surface area contributed by atoms with Crippen LogP contribution in [0.15, 0.2) is 34.5 Å². The standard InChI is InChI=1S/C15H18N2O3S2/c1-10-4-5-11(2)13(8-10)17-14(18)9-16-22(19,20)15-7-6-12(3)21-15/h4-8,16H,9H2,1-3H3,(H,17,18). The summed E-state index contributed by atoms with van der Waals surface area (Å²) in [6.07, 6.45) is 0. The summed E-state index contributed by atoms with van der Waals surface area (Å²) in [5.74, 6) is -0.398. The lowest BCUT2D eigenvalue weighted by molar-refractivity contribution is -0.115. The third kappa shape index (κ3) is 4.16. The van der Waals surface area contributed by atoms with E-state index in [2.05, 4.69) is 10.0 Å². The van der Waals surface area contributed by atoms with E-state index in [4.69, 9.17) is 0 Å². The number of rotatable bonds is 5. The number of aryl methyl sites for hydroxylation is 3. The van der Waals surface area contributed by atoms with Crippen LogP contribution in [0.2, 0.25) is 0 Å². The molecule has 0 unspecified atom stereocenters. The third-order valence-electron chi connectivity index (χ3n) is 3.07. The van der Waals surface area contributed by atoms with Gasteiger partial charge in [-0.15, -0.1) is 11.3 Å². The van der Waals surface area contributed by atoms with Crippen molar-refractivity contribution in [3.63, 3.8) is 0 Å². The lowest BCUT2D eigenvalue weighted by Gasteiger charge is -2.10. The fraction of sp³-hybridized carbons (Fsp3) is 0.267.